The first kappa shape index (κ1) is 16.8. The highest BCUT2D eigenvalue weighted by molar-refractivity contribution is 7.87. The molecular formula is C9H13F3O5S. The van der Waals surface area contributed by atoms with E-state index in [0.717, 1.165) is 7.11 Å². The smallest absolute Gasteiger partial charge is 0.466 e. The lowest BCUT2D eigenvalue weighted by molar-refractivity contribution is -0.135. The van der Waals surface area contributed by atoms with Gasteiger partial charge in [0, 0.05) is 6.42 Å². The number of hydrogen-bond donors (Lipinski definition) is 0. The van der Waals surface area contributed by atoms with Crippen LogP contribution in [0.25, 0.3) is 0 Å². The summed E-state index contributed by atoms with van der Waals surface area (Å²) < 4.78 is 65.9. The summed E-state index contributed by atoms with van der Waals surface area (Å²) in [5, 5.41) is 0. The van der Waals surface area contributed by atoms with Gasteiger partial charge in [0.25, 0.3) is 0 Å². The molecule has 0 saturated heterocycles. The zero-order chi connectivity index (χ0) is 14.6. The second kappa shape index (κ2) is 6.07. The Labute approximate surface area is 103 Å². The van der Waals surface area contributed by atoms with E-state index < -0.39 is 27.4 Å². The van der Waals surface area contributed by atoms with Crippen LogP contribution in [0.4, 0.5) is 13.2 Å². The molecule has 0 heterocycles. The van der Waals surface area contributed by atoms with Crippen LogP contribution in [0.15, 0.2) is 11.8 Å². The summed E-state index contributed by atoms with van der Waals surface area (Å²) in [4.78, 5) is 10.9. The summed E-state index contributed by atoms with van der Waals surface area (Å²) in [7, 11) is -4.77. The minimum absolute atomic E-state index is 0.148. The lowest BCUT2D eigenvalue weighted by atomic mass is 10.1. The number of esters is 1. The Morgan fingerprint density at radius 1 is 1.33 bits per heavy atom. The van der Waals surface area contributed by atoms with Crippen molar-refractivity contribution in [1.82, 2.24) is 0 Å². The second-order valence-corrected chi connectivity index (χ2v) is 5.25. The van der Waals surface area contributed by atoms with Gasteiger partial charge in [-0.15, -0.1) is 0 Å². The van der Waals surface area contributed by atoms with Crippen molar-refractivity contribution in [2.45, 2.75) is 25.8 Å². The van der Waals surface area contributed by atoms with E-state index in [0.29, 0.717) is 6.08 Å². The molecule has 0 saturated carbocycles. The van der Waals surface area contributed by atoms with Gasteiger partial charge in [-0.3, -0.25) is 0 Å². The van der Waals surface area contributed by atoms with Crippen molar-refractivity contribution in [1.29, 1.82) is 0 Å². The Bertz CT molecular complexity index is 422. The normalized spacial score (nSPS) is 13.6. The number of carbonyl (C=O) groups excluding carboxylic acids is 1. The van der Waals surface area contributed by atoms with Crippen molar-refractivity contribution in [3.8, 4) is 0 Å². The highest BCUT2D eigenvalue weighted by Gasteiger charge is 2.48. The average Bonchev–Trinajstić information content (AvgIpc) is 2.13. The van der Waals surface area contributed by atoms with Gasteiger partial charge in [0.15, 0.2) is 0 Å². The number of rotatable bonds is 5. The summed E-state index contributed by atoms with van der Waals surface area (Å²) in [6.07, 6.45) is 0.424. The third-order valence-electron chi connectivity index (χ3n) is 1.59. The number of methoxy groups -OCH3 is 1. The fourth-order valence-electron chi connectivity index (χ4n) is 0.898. The topological polar surface area (TPSA) is 69.7 Å². The summed E-state index contributed by atoms with van der Waals surface area (Å²) in [6.45, 7) is 3.24. The minimum Gasteiger partial charge on any atom is -0.466 e. The van der Waals surface area contributed by atoms with E-state index >= 15 is 0 Å². The van der Waals surface area contributed by atoms with Gasteiger partial charge in [-0.2, -0.15) is 21.6 Å². The molecule has 0 aromatic carbocycles. The Morgan fingerprint density at radius 3 is 2.17 bits per heavy atom. The molecular weight excluding hydrogens is 277 g/mol. The molecule has 106 valence electrons. The number of hydrogen-bond acceptors (Lipinski definition) is 5. The van der Waals surface area contributed by atoms with E-state index in [1.807, 2.05) is 0 Å². The SMILES string of the molecule is COC(=O)/C=C(\CC(C)C)OS(=O)(=O)C(F)(F)F. The van der Waals surface area contributed by atoms with Crippen LogP contribution in [0.1, 0.15) is 20.3 Å². The molecule has 0 radical (unpaired) electrons. The molecule has 5 nitrogen and oxygen atoms in total. The fraction of sp³-hybridized carbons (Fsp3) is 0.667. The number of halogens is 3. The van der Waals surface area contributed by atoms with Gasteiger partial charge < -0.3 is 8.92 Å². The number of carbonyl (C=O) groups is 1. The Hall–Kier alpha value is -1.25. The molecule has 0 amide bonds. The van der Waals surface area contributed by atoms with Crippen LogP contribution in [0.5, 0.6) is 0 Å². The van der Waals surface area contributed by atoms with Gasteiger partial charge in [0.05, 0.1) is 13.2 Å². The Morgan fingerprint density at radius 2 is 1.83 bits per heavy atom. The third-order valence-corrected chi connectivity index (χ3v) is 2.59. The van der Waals surface area contributed by atoms with Gasteiger partial charge in [-0.25, -0.2) is 4.79 Å². The zero-order valence-corrected chi connectivity index (χ0v) is 10.8. The molecule has 0 aromatic heterocycles. The van der Waals surface area contributed by atoms with Gasteiger partial charge in [0.1, 0.15) is 5.76 Å². The number of allylic oxidation sites excluding steroid dienone is 1. The van der Waals surface area contributed by atoms with E-state index in [1.165, 1.54) is 0 Å². The highest BCUT2D eigenvalue weighted by Crippen LogP contribution is 2.28. The first-order valence-electron chi connectivity index (χ1n) is 4.79. The Kier molecular flexibility index (Phi) is 5.65. The number of alkyl halides is 3. The van der Waals surface area contributed by atoms with Crippen LogP contribution in [-0.2, 0) is 23.8 Å². The third kappa shape index (κ3) is 5.39. The first-order chi connectivity index (χ1) is 7.99. The largest absolute Gasteiger partial charge is 0.534 e. The monoisotopic (exact) mass is 290 g/mol. The van der Waals surface area contributed by atoms with Crippen LogP contribution in [0.2, 0.25) is 0 Å². The molecule has 0 aliphatic heterocycles. The van der Waals surface area contributed by atoms with Gasteiger partial charge in [0.2, 0.25) is 0 Å². The van der Waals surface area contributed by atoms with E-state index in [-0.39, 0.29) is 12.3 Å². The van der Waals surface area contributed by atoms with Crippen molar-refractivity contribution in [3.63, 3.8) is 0 Å². The van der Waals surface area contributed by atoms with Crippen molar-refractivity contribution in [2.75, 3.05) is 7.11 Å². The maximum Gasteiger partial charge on any atom is 0.534 e. The molecule has 0 bridgehead atoms. The summed E-state index contributed by atoms with van der Waals surface area (Å²) >= 11 is 0. The van der Waals surface area contributed by atoms with Crippen LogP contribution < -0.4 is 0 Å². The molecule has 0 spiro atoms. The fourth-order valence-corrected chi connectivity index (χ4v) is 1.39. The standard InChI is InChI=1S/C9H13F3O5S/c1-6(2)4-7(5-8(13)16-3)17-18(14,15)9(10,11)12/h5-6H,4H2,1-3H3/b7-5+. The lowest BCUT2D eigenvalue weighted by Gasteiger charge is -2.13. The van der Waals surface area contributed by atoms with Gasteiger partial charge in [-0.05, 0) is 5.92 Å². The predicted molar refractivity (Wildman–Crippen MR) is 55.6 cm³/mol. The molecule has 0 aliphatic rings. The zero-order valence-electron chi connectivity index (χ0n) is 9.95. The predicted octanol–water partition coefficient (Wildman–Crippen LogP) is 1.96. The molecule has 18 heavy (non-hydrogen) atoms. The van der Waals surface area contributed by atoms with E-state index in [1.54, 1.807) is 13.8 Å². The van der Waals surface area contributed by atoms with Gasteiger partial charge >= 0.3 is 21.6 Å². The van der Waals surface area contributed by atoms with Crippen LogP contribution >= 0.6 is 0 Å². The Balaban J connectivity index is 5.15. The van der Waals surface area contributed by atoms with E-state index in [9.17, 15) is 26.4 Å². The molecule has 0 rings (SSSR count). The first-order valence-corrected chi connectivity index (χ1v) is 6.19. The maximum absolute atomic E-state index is 12.1. The molecule has 0 aliphatic carbocycles. The molecule has 0 fully saturated rings. The second-order valence-electron chi connectivity index (χ2n) is 3.71. The summed E-state index contributed by atoms with van der Waals surface area (Å²) in [5.41, 5.74) is -5.54. The van der Waals surface area contributed by atoms with Crippen molar-refractivity contribution in [2.24, 2.45) is 5.92 Å². The number of ether oxygens (including phenoxy) is 1. The summed E-state index contributed by atoms with van der Waals surface area (Å²) in [5.74, 6) is -1.82. The molecule has 0 aromatic rings. The van der Waals surface area contributed by atoms with E-state index in [4.69, 9.17) is 0 Å². The average molecular weight is 290 g/mol. The minimum atomic E-state index is -5.77. The van der Waals surface area contributed by atoms with Crippen LogP contribution in [0.3, 0.4) is 0 Å². The van der Waals surface area contributed by atoms with Gasteiger partial charge in [-0.1, -0.05) is 13.8 Å². The maximum atomic E-state index is 12.1. The lowest BCUT2D eigenvalue weighted by Crippen LogP contribution is -2.25. The van der Waals surface area contributed by atoms with Crippen molar-refractivity contribution in [3.05, 3.63) is 11.8 Å². The quantitative estimate of drug-likeness (QED) is 0.254. The molecule has 0 N–H and O–H groups in total. The molecule has 9 heteroatoms. The van der Waals surface area contributed by atoms with Crippen LogP contribution in [-0.4, -0.2) is 27.0 Å². The van der Waals surface area contributed by atoms with Crippen molar-refractivity contribution < 1.29 is 35.3 Å². The van der Waals surface area contributed by atoms with Crippen molar-refractivity contribution >= 4 is 16.1 Å². The molecule has 0 unspecified atom stereocenters. The van der Waals surface area contributed by atoms with E-state index in [2.05, 4.69) is 8.92 Å². The summed E-state index contributed by atoms with van der Waals surface area (Å²) in [6, 6.07) is 0. The van der Waals surface area contributed by atoms with Crippen LogP contribution in [0, 0.1) is 5.92 Å². The highest BCUT2D eigenvalue weighted by atomic mass is 32.2. The molecule has 0 atom stereocenters.